The third kappa shape index (κ3) is 2.81. The molecule has 0 fully saturated rings. The third-order valence-corrected chi connectivity index (χ3v) is 2.12. The molecule has 0 saturated heterocycles. The van der Waals surface area contributed by atoms with E-state index in [1.165, 1.54) is 13.2 Å². The average Bonchev–Trinajstić information content (AvgIpc) is 2.77. The van der Waals surface area contributed by atoms with Gasteiger partial charge in [-0.3, -0.25) is 4.79 Å². The largest absolute Gasteiger partial charge is 0.466 e. The molecule has 15 heavy (non-hydrogen) atoms. The molecule has 0 saturated carbocycles. The zero-order chi connectivity index (χ0) is 11.3. The number of esters is 1. The summed E-state index contributed by atoms with van der Waals surface area (Å²) >= 11 is 0. The van der Waals surface area contributed by atoms with Crippen molar-refractivity contribution in [3.8, 4) is 0 Å². The molecular weight excluding hydrogens is 200 g/mol. The number of ether oxygens (including phenoxy) is 1. The molecule has 0 bridgehead atoms. The normalized spacial score (nSPS) is 11.4. The van der Waals surface area contributed by atoms with Crippen LogP contribution in [0.5, 0.6) is 0 Å². The summed E-state index contributed by atoms with van der Waals surface area (Å²) in [6.45, 7) is 0.514. The fourth-order valence-corrected chi connectivity index (χ4v) is 0.885. The van der Waals surface area contributed by atoms with Crippen molar-refractivity contribution in [2.24, 2.45) is 5.41 Å². The molecule has 0 aliphatic carbocycles. The van der Waals surface area contributed by atoms with Gasteiger partial charge in [0.05, 0.1) is 19.5 Å². The summed E-state index contributed by atoms with van der Waals surface area (Å²) in [4.78, 5) is 11.4. The minimum Gasteiger partial charge on any atom is -0.466 e. The summed E-state index contributed by atoms with van der Waals surface area (Å²) < 4.78 is 9.84. The third-order valence-electron chi connectivity index (χ3n) is 2.12. The van der Waals surface area contributed by atoms with Crippen LogP contribution in [0.15, 0.2) is 22.8 Å². The molecule has 0 unspecified atom stereocenters. The molecule has 1 rings (SSSR count). The topological polar surface area (TPSA) is 79.9 Å². The highest BCUT2D eigenvalue weighted by molar-refractivity contribution is 5.76. The van der Waals surface area contributed by atoms with E-state index in [0.717, 1.165) is 0 Å². The second kappa shape index (κ2) is 4.95. The lowest BCUT2D eigenvalue weighted by molar-refractivity contribution is -0.162. The Hall–Kier alpha value is -1.33. The van der Waals surface area contributed by atoms with E-state index >= 15 is 0 Å². The van der Waals surface area contributed by atoms with E-state index in [1.54, 1.807) is 12.1 Å². The SMILES string of the molecule is CC(CO)(CO)C(=O)OCc1ccco1. The Bertz CT molecular complexity index is 300. The van der Waals surface area contributed by atoms with Crippen LogP contribution < -0.4 is 0 Å². The first-order valence-electron chi connectivity index (χ1n) is 4.54. The minimum atomic E-state index is -1.26. The highest BCUT2D eigenvalue weighted by Gasteiger charge is 2.33. The molecule has 2 N–H and O–H groups in total. The molecule has 0 aliphatic rings. The number of carbonyl (C=O) groups is 1. The van der Waals surface area contributed by atoms with Crippen molar-refractivity contribution in [3.63, 3.8) is 0 Å². The molecule has 84 valence electrons. The lowest BCUT2D eigenvalue weighted by atomic mass is 9.93. The Kier molecular flexibility index (Phi) is 3.88. The van der Waals surface area contributed by atoms with Gasteiger partial charge in [0.2, 0.25) is 0 Å². The van der Waals surface area contributed by atoms with E-state index in [9.17, 15) is 4.79 Å². The lowest BCUT2D eigenvalue weighted by Crippen LogP contribution is -2.36. The number of hydrogen-bond donors (Lipinski definition) is 2. The fraction of sp³-hybridized carbons (Fsp3) is 0.500. The predicted octanol–water partition coefficient (Wildman–Crippen LogP) is 0.314. The van der Waals surface area contributed by atoms with Gasteiger partial charge in [-0.25, -0.2) is 0 Å². The van der Waals surface area contributed by atoms with Crippen LogP contribution in [0.2, 0.25) is 0 Å². The van der Waals surface area contributed by atoms with E-state index in [2.05, 4.69) is 0 Å². The molecule has 5 heteroatoms. The highest BCUT2D eigenvalue weighted by Crippen LogP contribution is 2.17. The van der Waals surface area contributed by atoms with Gasteiger partial charge in [0, 0.05) is 0 Å². The zero-order valence-electron chi connectivity index (χ0n) is 8.47. The van der Waals surface area contributed by atoms with Gasteiger partial charge in [-0.05, 0) is 19.1 Å². The van der Waals surface area contributed by atoms with Gasteiger partial charge < -0.3 is 19.4 Å². The molecule has 0 atom stereocenters. The summed E-state index contributed by atoms with van der Waals surface area (Å²) in [5, 5.41) is 17.9. The molecular formula is C10H14O5. The maximum atomic E-state index is 11.4. The maximum absolute atomic E-state index is 11.4. The smallest absolute Gasteiger partial charge is 0.316 e. The molecule has 5 nitrogen and oxygen atoms in total. The van der Waals surface area contributed by atoms with Crippen molar-refractivity contribution in [2.75, 3.05) is 13.2 Å². The summed E-state index contributed by atoms with van der Waals surface area (Å²) in [6.07, 6.45) is 1.47. The Balaban J connectivity index is 2.48. The first-order valence-corrected chi connectivity index (χ1v) is 4.54. The Labute approximate surface area is 87.3 Å². The summed E-state index contributed by atoms with van der Waals surface area (Å²) in [6, 6.07) is 3.35. The molecule has 0 aliphatic heterocycles. The van der Waals surface area contributed by atoms with Gasteiger partial charge in [-0.15, -0.1) is 0 Å². The van der Waals surface area contributed by atoms with Crippen LogP contribution in [0.25, 0.3) is 0 Å². The van der Waals surface area contributed by atoms with E-state index in [1.807, 2.05) is 0 Å². The minimum absolute atomic E-state index is 0.00141. The van der Waals surface area contributed by atoms with Gasteiger partial charge >= 0.3 is 5.97 Å². The van der Waals surface area contributed by atoms with Crippen LogP contribution in [0.3, 0.4) is 0 Å². The molecule has 1 heterocycles. The standard InChI is InChI=1S/C10H14O5/c1-10(6-11,7-12)9(13)15-5-8-3-2-4-14-8/h2-4,11-12H,5-7H2,1H3. The van der Waals surface area contributed by atoms with Crippen LogP contribution in [-0.4, -0.2) is 29.4 Å². The number of aliphatic hydroxyl groups is 2. The maximum Gasteiger partial charge on any atom is 0.316 e. The van der Waals surface area contributed by atoms with Crippen molar-refractivity contribution >= 4 is 5.97 Å². The van der Waals surface area contributed by atoms with Gasteiger partial charge in [0.1, 0.15) is 17.8 Å². The van der Waals surface area contributed by atoms with Gasteiger partial charge in [-0.1, -0.05) is 0 Å². The van der Waals surface area contributed by atoms with Crippen LogP contribution in [0.4, 0.5) is 0 Å². The molecule has 0 radical (unpaired) electrons. The Morgan fingerprint density at radius 3 is 2.67 bits per heavy atom. The van der Waals surface area contributed by atoms with Crippen molar-refractivity contribution in [1.29, 1.82) is 0 Å². The number of aliphatic hydroxyl groups excluding tert-OH is 2. The fourth-order valence-electron chi connectivity index (χ4n) is 0.885. The summed E-state index contributed by atoms with van der Waals surface area (Å²) in [5.74, 6) is -0.134. The first kappa shape index (κ1) is 11.7. The average molecular weight is 214 g/mol. The Morgan fingerprint density at radius 2 is 2.20 bits per heavy atom. The van der Waals surface area contributed by atoms with Crippen molar-refractivity contribution in [3.05, 3.63) is 24.2 Å². The van der Waals surface area contributed by atoms with E-state index < -0.39 is 24.6 Å². The van der Waals surface area contributed by atoms with Crippen LogP contribution in [0, 0.1) is 5.41 Å². The van der Waals surface area contributed by atoms with E-state index in [0.29, 0.717) is 5.76 Å². The summed E-state index contributed by atoms with van der Waals surface area (Å²) in [5.41, 5.74) is -1.26. The number of hydrogen-bond acceptors (Lipinski definition) is 5. The van der Waals surface area contributed by atoms with Gasteiger partial charge in [0.15, 0.2) is 0 Å². The van der Waals surface area contributed by atoms with Crippen molar-refractivity contribution < 1.29 is 24.2 Å². The quantitative estimate of drug-likeness (QED) is 0.690. The molecule has 1 aromatic heterocycles. The van der Waals surface area contributed by atoms with Crippen LogP contribution in [-0.2, 0) is 16.1 Å². The summed E-state index contributed by atoms with van der Waals surface area (Å²) in [7, 11) is 0. The Morgan fingerprint density at radius 1 is 1.53 bits per heavy atom. The second-order valence-electron chi connectivity index (χ2n) is 3.53. The molecule has 1 aromatic rings. The lowest BCUT2D eigenvalue weighted by Gasteiger charge is -2.21. The highest BCUT2D eigenvalue weighted by atomic mass is 16.5. The van der Waals surface area contributed by atoms with Crippen molar-refractivity contribution in [2.45, 2.75) is 13.5 Å². The van der Waals surface area contributed by atoms with Gasteiger partial charge in [-0.2, -0.15) is 0 Å². The van der Waals surface area contributed by atoms with E-state index in [-0.39, 0.29) is 6.61 Å². The number of furan rings is 1. The van der Waals surface area contributed by atoms with Crippen molar-refractivity contribution in [1.82, 2.24) is 0 Å². The number of carbonyl (C=O) groups excluding carboxylic acids is 1. The first-order chi connectivity index (χ1) is 7.12. The monoisotopic (exact) mass is 214 g/mol. The molecule has 0 amide bonds. The van der Waals surface area contributed by atoms with Crippen LogP contribution in [0.1, 0.15) is 12.7 Å². The zero-order valence-corrected chi connectivity index (χ0v) is 8.47. The molecule has 0 aromatic carbocycles. The van der Waals surface area contributed by atoms with Crippen LogP contribution >= 0.6 is 0 Å². The number of rotatable bonds is 5. The molecule has 0 spiro atoms. The van der Waals surface area contributed by atoms with E-state index in [4.69, 9.17) is 19.4 Å². The second-order valence-corrected chi connectivity index (χ2v) is 3.53. The van der Waals surface area contributed by atoms with Gasteiger partial charge in [0.25, 0.3) is 0 Å². The predicted molar refractivity (Wildman–Crippen MR) is 50.8 cm³/mol.